The third kappa shape index (κ3) is 6.56. The van der Waals surface area contributed by atoms with Gasteiger partial charge in [-0.15, -0.1) is 0 Å². The first-order chi connectivity index (χ1) is 10.7. The highest BCUT2D eigenvalue weighted by Gasteiger charge is 2.26. The molecule has 122 valence electrons. The van der Waals surface area contributed by atoms with Crippen molar-refractivity contribution >= 4 is 5.97 Å². The van der Waals surface area contributed by atoms with Crippen LogP contribution in [0.4, 0.5) is 0 Å². The van der Waals surface area contributed by atoms with E-state index in [0.29, 0.717) is 33.0 Å². The second kappa shape index (κ2) is 9.56. The lowest BCUT2D eigenvalue weighted by atomic mass is 10.2. The molecular formula is C17H24O5. The van der Waals surface area contributed by atoms with E-state index in [0.717, 1.165) is 18.4 Å². The van der Waals surface area contributed by atoms with Gasteiger partial charge in [-0.25, -0.2) is 0 Å². The lowest BCUT2D eigenvalue weighted by Crippen LogP contribution is -2.22. The minimum Gasteiger partial charge on any atom is -0.463 e. The number of esters is 1. The Bertz CT molecular complexity index is 434. The first-order valence-corrected chi connectivity index (χ1v) is 7.72. The number of rotatable bonds is 9. The lowest BCUT2D eigenvalue weighted by Gasteiger charge is -2.14. The quantitative estimate of drug-likeness (QED) is 0.518. The predicted molar refractivity (Wildman–Crippen MR) is 81.4 cm³/mol. The Morgan fingerprint density at radius 1 is 1.09 bits per heavy atom. The number of hydrogen-bond donors (Lipinski definition) is 0. The van der Waals surface area contributed by atoms with Gasteiger partial charge in [-0.1, -0.05) is 30.3 Å². The van der Waals surface area contributed by atoms with Gasteiger partial charge in [0.15, 0.2) is 0 Å². The van der Waals surface area contributed by atoms with Crippen LogP contribution in [0, 0.1) is 0 Å². The highest BCUT2D eigenvalue weighted by molar-refractivity contribution is 5.65. The van der Waals surface area contributed by atoms with Crippen LogP contribution in [0.15, 0.2) is 30.3 Å². The van der Waals surface area contributed by atoms with E-state index in [4.69, 9.17) is 18.9 Å². The third-order valence-electron chi connectivity index (χ3n) is 3.46. The van der Waals surface area contributed by atoms with Crippen molar-refractivity contribution in [2.24, 2.45) is 0 Å². The molecule has 1 heterocycles. The summed E-state index contributed by atoms with van der Waals surface area (Å²) >= 11 is 0. The standard InChI is InChI=1S/C17H24O5/c1-14(18)21-13-17-8-7-16(22-17)12-20-10-9-19-11-15-5-3-2-4-6-15/h2-6,16-17H,7-13H2,1H3/t16-,17-/m1/s1. The average Bonchev–Trinajstić information content (AvgIpc) is 2.97. The molecule has 1 aliphatic heterocycles. The Morgan fingerprint density at radius 3 is 2.50 bits per heavy atom. The predicted octanol–water partition coefficient (Wildman–Crippen LogP) is 2.33. The molecule has 0 spiro atoms. The van der Waals surface area contributed by atoms with Gasteiger partial charge >= 0.3 is 5.97 Å². The zero-order chi connectivity index (χ0) is 15.6. The van der Waals surface area contributed by atoms with Crippen molar-refractivity contribution in [2.45, 2.75) is 38.6 Å². The van der Waals surface area contributed by atoms with Crippen LogP contribution in [0.5, 0.6) is 0 Å². The van der Waals surface area contributed by atoms with Gasteiger partial charge in [0.2, 0.25) is 0 Å². The summed E-state index contributed by atoms with van der Waals surface area (Å²) in [6, 6.07) is 10.1. The Hall–Kier alpha value is -1.43. The maximum Gasteiger partial charge on any atom is 0.302 e. The Labute approximate surface area is 131 Å². The van der Waals surface area contributed by atoms with Crippen LogP contribution in [-0.4, -0.2) is 44.6 Å². The molecule has 0 saturated carbocycles. The van der Waals surface area contributed by atoms with E-state index >= 15 is 0 Å². The van der Waals surface area contributed by atoms with E-state index in [2.05, 4.69) is 0 Å². The summed E-state index contributed by atoms with van der Waals surface area (Å²) in [4.78, 5) is 10.7. The Balaban J connectivity index is 1.46. The van der Waals surface area contributed by atoms with Crippen molar-refractivity contribution < 1.29 is 23.7 Å². The maximum atomic E-state index is 10.7. The fourth-order valence-corrected chi connectivity index (χ4v) is 2.33. The molecule has 0 bridgehead atoms. The van der Waals surface area contributed by atoms with Gasteiger partial charge in [-0.2, -0.15) is 0 Å². The number of benzene rings is 1. The molecule has 0 radical (unpaired) electrons. The van der Waals surface area contributed by atoms with Crippen molar-refractivity contribution in [3.63, 3.8) is 0 Å². The summed E-state index contributed by atoms with van der Waals surface area (Å²) in [5.74, 6) is -0.265. The molecule has 2 atom stereocenters. The Morgan fingerprint density at radius 2 is 1.77 bits per heavy atom. The van der Waals surface area contributed by atoms with Gasteiger partial charge in [0.25, 0.3) is 0 Å². The lowest BCUT2D eigenvalue weighted by molar-refractivity contribution is -0.145. The van der Waals surface area contributed by atoms with Crippen molar-refractivity contribution in [1.29, 1.82) is 0 Å². The van der Waals surface area contributed by atoms with Gasteiger partial charge in [-0.05, 0) is 18.4 Å². The Kier molecular flexibility index (Phi) is 7.36. The molecular weight excluding hydrogens is 284 g/mol. The third-order valence-corrected chi connectivity index (χ3v) is 3.46. The summed E-state index contributed by atoms with van der Waals surface area (Å²) < 4.78 is 21.8. The van der Waals surface area contributed by atoms with E-state index in [1.165, 1.54) is 6.92 Å². The normalized spacial score (nSPS) is 21.0. The molecule has 0 aliphatic carbocycles. The molecule has 1 aromatic carbocycles. The first-order valence-electron chi connectivity index (χ1n) is 7.72. The molecule has 5 nitrogen and oxygen atoms in total. The van der Waals surface area contributed by atoms with Crippen LogP contribution in [-0.2, 0) is 30.3 Å². The molecule has 5 heteroatoms. The number of hydrogen-bond acceptors (Lipinski definition) is 5. The molecule has 0 aromatic heterocycles. The fourth-order valence-electron chi connectivity index (χ4n) is 2.33. The molecule has 0 amide bonds. The zero-order valence-corrected chi connectivity index (χ0v) is 13.0. The van der Waals surface area contributed by atoms with Crippen LogP contribution in [0.25, 0.3) is 0 Å². The highest BCUT2D eigenvalue weighted by atomic mass is 16.6. The molecule has 1 fully saturated rings. The van der Waals surface area contributed by atoms with Crippen molar-refractivity contribution in [1.82, 2.24) is 0 Å². The molecule has 1 saturated heterocycles. The fraction of sp³-hybridized carbons (Fsp3) is 0.588. The van der Waals surface area contributed by atoms with Crippen molar-refractivity contribution in [3.8, 4) is 0 Å². The topological polar surface area (TPSA) is 54.0 Å². The van der Waals surface area contributed by atoms with Gasteiger partial charge in [0.05, 0.1) is 38.6 Å². The van der Waals surface area contributed by atoms with Crippen molar-refractivity contribution in [3.05, 3.63) is 35.9 Å². The molecule has 2 rings (SSSR count). The average molecular weight is 308 g/mol. The number of carbonyl (C=O) groups is 1. The molecule has 1 aromatic rings. The minimum atomic E-state index is -0.265. The summed E-state index contributed by atoms with van der Waals surface area (Å²) in [6.07, 6.45) is 1.95. The number of ether oxygens (including phenoxy) is 4. The molecule has 22 heavy (non-hydrogen) atoms. The van der Waals surface area contributed by atoms with Crippen LogP contribution in [0.1, 0.15) is 25.3 Å². The van der Waals surface area contributed by atoms with E-state index in [1.807, 2.05) is 30.3 Å². The zero-order valence-electron chi connectivity index (χ0n) is 13.0. The van der Waals surface area contributed by atoms with E-state index < -0.39 is 0 Å². The van der Waals surface area contributed by atoms with Crippen LogP contribution < -0.4 is 0 Å². The number of carbonyl (C=O) groups excluding carboxylic acids is 1. The van der Waals surface area contributed by atoms with Gasteiger partial charge in [-0.3, -0.25) is 4.79 Å². The van der Waals surface area contributed by atoms with Gasteiger partial charge in [0.1, 0.15) is 6.61 Å². The summed E-state index contributed by atoms with van der Waals surface area (Å²) in [5, 5.41) is 0. The van der Waals surface area contributed by atoms with Crippen LogP contribution in [0.2, 0.25) is 0 Å². The smallest absolute Gasteiger partial charge is 0.302 e. The SMILES string of the molecule is CC(=O)OC[C@H]1CC[C@H](COCCOCc2ccccc2)O1. The van der Waals surface area contributed by atoms with Gasteiger partial charge in [0, 0.05) is 6.92 Å². The minimum absolute atomic E-state index is 0.00632. The van der Waals surface area contributed by atoms with Crippen LogP contribution in [0.3, 0.4) is 0 Å². The van der Waals surface area contributed by atoms with E-state index in [1.54, 1.807) is 0 Å². The first kappa shape index (κ1) is 16.9. The van der Waals surface area contributed by atoms with Crippen molar-refractivity contribution in [2.75, 3.05) is 26.4 Å². The second-order valence-corrected chi connectivity index (χ2v) is 5.37. The largest absolute Gasteiger partial charge is 0.463 e. The van der Waals surface area contributed by atoms with Gasteiger partial charge < -0.3 is 18.9 Å². The second-order valence-electron chi connectivity index (χ2n) is 5.37. The highest BCUT2D eigenvalue weighted by Crippen LogP contribution is 2.20. The molecule has 0 N–H and O–H groups in total. The molecule has 1 aliphatic rings. The maximum absolute atomic E-state index is 10.7. The van der Waals surface area contributed by atoms with E-state index in [-0.39, 0.29) is 18.2 Å². The summed E-state index contributed by atoms with van der Waals surface area (Å²) in [7, 11) is 0. The van der Waals surface area contributed by atoms with E-state index in [9.17, 15) is 4.79 Å². The summed E-state index contributed by atoms with van der Waals surface area (Å²) in [6.45, 7) is 4.04. The monoisotopic (exact) mass is 308 g/mol. The summed E-state index contributed by atoms with van der Waals surface area (Å²) in [5.41, 5.74) is 1.16. The molecule has 0 unspecified atom stereocenters. The van der Waals surface area contributed by atoms with Crippen LogP contribution >= 0.6 is 0 Å².